The number of carbonyl (C=O) groups excluding carboxylic acids is 2. The van der Waals surface area contributed by atoms with Gasteiger partial charge in [-0.1, -0.05) is 88.7 Å². The number of nitrogens with one attached hydrogen (secondary N) is 1. The number of hydrogen-bond acceptors (Lipinski definition) is 7. The number of ether oxygens (including phenoxy) is 1. The number of aromatic nitrogens is 3. The van der Waals surface area contributed by atoms with Crippen molar-refractivity contribution in [1.29, 1.82) is 0 Å². The number of anilines is 1. The summed E-state index contributed by atoms with van der Waals surface area (Å²) in [5.41, 5.74) is 6.45. The minimum atomic E-state index is -1.04. The van der Waals surface area contributed by atoms with E-state index in [-0.39, 0.29) is 5.56 Å². The molecule has 1 atom stereocenters. The number of rotatable bonds is 7. The Kier molecular flexibility index (Phi) is 7.85. The van der Waals surface area contributed by atoms with Crippen molar-refractivity contribution < 1.29 is 14.3 Å². The van der Waals surface area contributed by atoms with Crippen LogP contribution in [-0.4, -0.2) is 32.9 Å². The van der Waals surface area contributed by atoms with Gasteiger partial charge in [0.25, 0.3) is 5.91 Å². The van der Waals surface area contributed by atoms with Crippen molar-refractivity contribution >= 4 is 55.3 Å². The lowest BCUT2D eigenvalue weighted by Gasteiger charge is -2.13. The van der Waals surface area contributed by atoms with Gasteiger partial charge in [0.1, 0.15) is 0 Å². The van der Waals surface area contributed by atoms with E-state index in [0.29, 0.717) is 21.9 Å². The van der Waals surface area contributed by atoms with E-state index in [1.807, 2.05) is 90.3 Å². The molecule has 0 fully saturated rings. The van der Waals surface area contributed by atoms with E-state index in [9.17, 15) is 9.59 Å². The molecule has 0 aliphatic carbocycles. The molecule has 6 rings (SSSR count). The molecular weight excluding hydrogens is 612 g/mol. The van der Waals surface area contributed by atoms with Crippen molar-refractivity contribution in [2.75, 3.05) is 5.32 Å². The van der Waals surface area contributed by atoms with E-state index < -0.39 is 18.0 Å². The molecule has 1 unspecified atom stereocenters. The summed E-state index contributed by atoms with van der Waals surface area (Å²) in [4.78, 5) is 40.1. The number of benzene rings is 4. The third kappa shape index (κ3) is 5.97. The summed E-state index contributed by atoms with van der Waals surface area (Å²) in [6.45, 7) is 1.52. The van der Waals surface area contributed by atoms with Crippen LogP contribution >= 0.6 is 27.3 Å². The van der Waals surface area contributed by atoms with Gasteiger partial charge in [0.15, 0.2) is 11.2 Å². The highest BCUT2D eigenvalue weighted by molar-refractivity contribution is 9.10. The molecule has 1 amide bonds. The van der Waals surface area contributed by atoms with Crippen LogP contribution in [0, 0.1) is 0 Å². The van der Waals surface area contributed by atoms with E-state index in [1.54, 1.807) is 18.2 Å². The first kappa shape index (κ1) is 27.4. The predicted octanol–water partition coefficient (Wildman–Crippen LogP) is 8.03. The summed E-state index contributed by atoms with van der Waals surface area (Å²) < 4.78 is 6.47. The third-order valence-electron chi connectivity index (χ3n) is 6.52. The second kappa shape index (κ2) is 12.0. The summed E-state index contributed by atoms with van der Waals surface area (Å²) in [5.74, 6) is -1.11. The van der Waals surface area contributed by atoms with Crippen molar-refractivity contribution in [3.8, 4) is 33.8 Å². The summed E-state index contributed by atoms with van der Waals surface area (Å²) in [5, 5.41) is 5.02. The van der Waals surface area contributed by atoms with Crippen LogP contribution < -0.4 is 5.32 Å². The molecule has 0 spiro atoms. The van der Waals surface area contributed by atoms with Gasteiger partial charge in [0, 0.05) is 26.5 Å². The normalized spacial score (nSPS) is 11.7. The lowest BCUT2D eigenvalue weighted by Crippen LogP contribution is -2.30. The minimum Gasteiger partial charge on any atom is -0.449 e. The van der Waals surface area contributed by atoms with Gasteiger partial charge < -0.3 is 4.74 Å². The Hall–Kier alpha value is -4.73. The third-order valence-corrected chi connectivity index (χ3v) is 7.81. The molecule has 7 nitrogen and oxygen atoms in total. The number of halogens is 1. The molecule has 42 heavy (non-hydrogen) atoms. The zero-order chi connectivity index (χ0) is 29.1. The van der Waals surface area contributed by atoms with Crippen LogP contribution in [0.25, 0.3) is 44.8 Å². The SMILES string of the molecule is CC(OC(=O)c1ccc2nc(-c3ccccc3)c(-c3ccccc3)nc2c1)C(=O)Nc1nc(-c2ccc(Br)cc2)cs1. The van der Waals surface area contributed by atoms with Gasteiger partial charge >= 0.3 is 5.97 Å². The highest BCUT2D eigenvalue weighted by Crippen LogP contribution is 2.31. The van der Waals surface area contributed by atoms with Crippen molar-refractivity contribution in [1.82, 2.24) is 15.0 Å². The van der Waals surface area contributed by atoms with E-state index in [1.165, 1.54) is 18.3 Å². The average molecular weight is 636 g/mol. The highest BCUT2D eigenvalue weighted by Gasteiger charge is 2.21. The van der Waals surface area contributed by atoms with Crippen molar-refractivity contribution in [3.63, 3.8) is 0 Å². The topological polar surface area (TPSA) is 94.1 Å². The van der Waals surface area contributed by atoms with Crippen molar-refractivity contribution in [2.24, 2.45) is 0 Å². The number of amides is 1. The quantitative estimate of drug-likeness (QED) is 0.179. The van der Waals surface area contributed by atoms with Gasteiger partial charge in [-0.05, 0) is 37.3 Å². The molecule has 2 aromatic heterocycles. The number of carbonyl (C=O) groups is 2. The van der Waals surface area contributed by atoms with Gasteiger partial charge in [0.2, 0.25) is 0 Å². The Labute approximate surface area is 254 Å². The van der Waals surface area contributed by atoms with Crippen molar-refractivity contribution in [3.05, 3.63) is 119 Å². The number of fused-ring (bicyclic) bond motifs is 1. The molecule has 0 bridgehead atoms. The fourth-order valence-corrected chi connectivity index (χ4v) is 5.34. The fourth-order valence-electron chi connectivity index (χ4n) is 4.35. The summed E-state index contributed by atoms with van der Waals surface area (Å²) in [6.07, 6.45) is -1.04. The molecule has 0 saturated carbocycles. The van der Waals surface area contributed by atoms with E-state index in [2.05, 4.69) is 26.2 Å². The van der Waals surface area contributed by atoms with E-state index >= 15 is 0 Å². The molecule has 9 heteroatoms. The molecule has 4 aromatic carbocycles. The zero-order valence-electron chi connectivity index (χ0n) is 22.3. The summed E-state index contributed by atoms with van der Waals surface area (Å²) in [6, 6.07) is 32.4. The van der Waals surface area contributed by atoms with Crippen LogP contribution in [0.2, 0.25) is 0 Å². The smallest absolute Gasteiger partial charge is 0.338 e. The van der Waals surface area contributed by atoms with Crippen LogP contribution in [0.5, 0.6) is 0 Å². The fraction of sp³-hybridized carbons (Fsp3) is 0.0606. The van der Waals surface area contributed by atoms with Gasteiger partial charge in [-0.3, -0.25) is 10.1 Å². The van der Waals surface area contributed by atoms with Gasteiger partial charge in [0.05, 0.1) is 33.7 Å². The Morgan fingerprint density at radius 1 is 0.762 bits per heavy atom. The molecule has 1 N–H and O–H groups in total. The second-order valence-corrected chi connectivity index (χ2v) is 11.2. The molecule has 0 aliphatic heterocycles. The number of nitrogens with zero attached hydrogens (tertiary/aromatic N) is 3. The molecule has 2 heterocycles. The summed E-state index contributed by atoms with van der Waals surface area (Å²) in [7, 11) is 0. The highest BCUT2D eigenvalue weighted by atomic mass is 79.9. The monoisotopic (exact) mass is 634 g/mol. The second-order valence-electron chi connectivity index (χ2n) is 9.44. The van der Waals surface area contributed by atoms with Gasteiger partial charge in [-0.15, -0.1) is 11.3 Å². The molecule has 0 radical (unpaired) electrons. The van der Waals surface area contributed by atoms with E-state index in [0.717, 1.165) is 32.6 Å². The Morgan fingerprint density at radius 2 is 1.38 bits per heavy atom. The largest absolute Gasteiger partial charge is 0.449 e. The van der Waals surface area contributed by atoms with Crippen LogP contribution in [0.1, 0.15) is 17.3 Å². The first-order chi connectivity index (χ1) is 20.4. The molecule has 0 aliphatic rings. The Balaban J connectivity index is 1.20. The lowest BCUT2D eigenvalue weighted by molar-refractivity contribution is -0.123. The summed E-state index contributed by atoms with van der Waals surface area (Å²) >= 11 is 4.72. The Morgan fingerprint density at radius 3 is 2.02 bits per heavy atom. The molecule has 0 saturated heterocycles. The van der Waals surface area contributed by atoms with Crippen molar-refractivity contribution in [2.45, 2.75) is 13.0 Å². The molecule has 206 valence electrons. The van der Waals surface area contributed by atoms with E-state index in [4.69, 9.17) is 14.7 Å². The average Bonchev–Trinajstić information content (AvgIpc) is 3.49. The van der Waals surface area contributed by atoms with Crippen LogP contribution in [0.4, 0.5) is 5.13 Å². The molecule has 6 aromatic rings. The maximum Gasteiger partial charge on any atom is 0.338 e. The Bertz CT molecular complexity index is 1890. The van der Waals surface area contributed by atoms with Crippen LogP contribution in [0.15, 0.2) is 113 Å². The molecular formula is C33H23BrN4O3S. The first-order valence-corrected chi connectivity index (χ1v) is 14.8. The lowest BCUT2D eigenvalue weighted by atomic mass is 10.0. The predicted molar refractivity (Wildman–Crippen MR) is 169 cm³/mol. The maximum absolute atomic E-state index is 13.0. The number of hydrogen-bond donors (Lipinski definition) is 1. The van der Waals surface area contributed by atoms with Gasteiger partial charge in [-0.25, -0.2) is 19.7 Å². The number of thiazole rings is 1. The maximum atomic E-state index is 13.0. The first-order valence-electron chi connectivity index (χ1n) is 13.1. The zero-order valence-corrected chi connectivity index (χ0v) is 24.7. The minimum absolute atomic E-state index is 0.273. The van der Waals surface area contributed by atoms with Crippen LogP contribution in [-0.2, 0) is 9.53 Å². The van der Waals surface area contributed by atoms with Crippen LogP contribution in [0.3, 0.4) is 0 Å². The van der Waals surface area contributed by atoms with Gasteiger partial charge in [-0.2, -0.15) is 0 Å². The number of esters is 1. The standard InChI is InChI=1S/C33H23BrN4O3S/c1-20(31(39)38-33-37-28(19-42-33)21-12-15-25(34)16-13-21)41-32(40)24-14-17-26-27(18-24)36-30(23-10-6-3-7-11-23)29(35-26)22-8-4-2-5-9-22/h2-20H,1H3,(H,37,38,39).